The van der Waals surface area contributed by atoms with Crippen LogP contribution in [0.1, 0.15) is 18.2 Å². The van der Waals surface area contributed by atoms with Crippen molar-refractivity contribution in [3.63, 3.8) is 0 Å². The molecule has 1 amide bonds. The molecule has 0 saturated heterocycles. The predicted octanol–water partition coefficient (Wildman–Crippen LogP) is 2.43. The van der Waals surface area contributed by atoms with Gasteiger partial charge < -0.3 is 14.6 Å². The molecule has 0 fully saturated rings. The van der Waals surface area contributed by atoms with Crippen LogP contribution in [-0.2, 0) is 17.6 Å². The second kappa shape index (κ2) is 6.32. The van der Waals surface area contributed by atoms with E-state index in [-0.39, 0.29) is 18.4 Å². The van der Waals surface area contributed by atoms with Crippen LogP contribution in [0.25, 0.3) is 11.3 Å². The molecule has 24 heavy (non-hydrogen) atoms. The van der Waals surface area contributed by atoms with Crippen molar-refractivity contribution in [2.45, 2.75) is 25.9 Å². The van der Waals surface area contributed by atoms with Gasteiger partial charge in [0, 0.05) is 23.8 Å². The summed E-state index contributed by atoms with van der Waals surface area (Å²) in [6, 6.07) is 7.78. The summed E-state index contributed by atoms with van der Waals surface area (Å²) >= 11 is 1.56. The third-order valence-corrected chi connectivity index (χ3v) is 4.80. The van der Waals surface area contributed by atoms with E-state index in [1.54, 1.807) is 11.8 Å². The lowest BCUT2D eigenvalue weighted by Gasteiger charge is -2.02. The SMILES string of the molecule is CC1Cc2cc(-c3cc(CC(=O)NC4=NCCS4)no3)ccc2O1. The van der Waals surface area contributed by atoms with Gasteiger partial charge in [-0.25, -0.2) is 0 Å². The van der Waals surface area contributed by atoms with Crippen molar-refractivity contribution in [2.75, 3.05) is 12.3 Å². The lowest BCUT2D eigenvalue weighted by Crippen LogP contribution is -2.28. The molecule has 0 saturated carbocycles. The largest absolute Gasteiger partial charge is 0.490 e. The first-order valence-corrected chi connectivity index (χ1v) is 8.88. The first-order chi connectivity index (χ1) is 11.7. The van der Waals surface area contributed by atoms with Gasteiger partial charge in [0.1, 0.15) is 11.9 Å². The highest BCUT2D eigenvalue weighted by Gasteiger charge is 2.20. The first kappa shape index (κ1) is 15.3. The summed E-state index contributed by atoms with van der Waals surface area (Å²) in [6.07, 6.45) is 1.28. The number of nitrogens with zero attached hydrogens (tertiary/aromatic N) is 2. The maximum atomic E-state index is 12.0. The number of aromatic nitrogens is 1. The van der Waals surface area contributed by atoms with E-state index in [4.69, 9.17) is 9.26 Å². The van der Waals surface area contributed by atoms with Gasteiger partial charge in [0.05, 0.1) is 18.7 Å². The summed E-state index contributed by atoms with van der Waals surface area (Å²) < 4.78 is 11.1. The molecule has 1 unspecified atom stereocenters. The van der Waals surface area contributed by atoms with E-state index in [0.717, 1.165) is 30.0 Å². The molecular weight excluding hydrogens is 326 g/mol. The topological polar surface area (TPSA) is 76.7 Å². The van der Waals surface area contributed by atoms with Crippen molar-refractivity contribution in [1.82, 2.24) is 10.5 Å². The number of carbonyl (C=O) groups is 1. The molecule has 7 heteroatoms. The maximum Gasteiger partial charge on any atom is 0.232 e. The molecule has 1 atom stereocenters. The van der Waals surface area contributed by atoms with Crippen molar-refractivity contribution in [3.8, 4) is 17.1 Å². The van der Waals surface area contributed by atoms with Crippen molar-refractivity contribution >= 4 is 22.8 Å². The van der Waals surface area contributed by atoms with Crippen LogP contribution in [0, 0.1) is 0 Å². The Labute approximate surface area is 143 Å². The van der Waals surface area contributed by atoms with Gasteiger partial charge in [-0.2, -0.15) is 0 Å². The summed E-state index contributed by atoms with van der Waals surface area (Å²) in [7, 11) is 0. The Hall–Kier alpha value is -2.28. The van der Waals surface area contributed by atoms with E-state index in [1.807, 2.05) is 18.2 Å². The van der Waals surface area contributed by atoms with Crippen LogP contribution in [0.3, 0.4) is 0 Å². The monoisotopic (exact) mass is 343 g/mol. The Bertz CT molecular complexity index is 815. The zero-order valence-electron chi connectivity index (χ0n) is 13.2. The molecule has 2 aliphatic rings. The summed E-state index contributed by atoms with van der Waals surface area (Å²) in [5, 5.41) is 7.48. The van der Waals surface area contributed by atoms with Crippen molar-refractivity contribution in [3.05, 3.63) is 35.5 Å². The van der Waals surface area contributed by atoms with E-state index < -0.39 is 0 Å². The fourth-order valence-electron chi connectivity index (χ4n) is 2.85. The third-order valence-electron chi connectivity index (χ3n) is 3.91. The highest BCUT2D eigenvalue weighted by atomic mass is 32.2. The van der Waals surface area contributed by atoms with Crippen molar-refractivity contribution in [2.24, 2.45) is 4.99 Å². The minimum atomic E-state index is -0.126. The molecule has 4 rings (SSSR count). The Morgan fingerprint density at radius 2 is 2.33 bits per heavy atom. The number of amidine groups is 1. The molecule has 3 heterocycles. The number of ether oxygens (including phenoxy) is 1. The molecule has 1 aromatic heterocycles. The van der Waals surface area contributed by atoms with Gasteiger partial charge in [-0.3, -0.25) is 9.79 Å². The molecule has 1 aromatic carbocycles. The average Bonchev–Trinajstić information content (AvgIpc) is 3.26. The van der Waals surface area contributed by atoms with Gasteiger partial charge in [-0.1, -0.05) is 16.9 Å². The Morgan fingerprint density at radius 1 is 1.42 bits per heavy atom. The minimum Gasteiger partial charge on any atom is -0.490 e. The summed E-state index contributed by atoms with van der Waals surface area (Å²) in [6.45, 7) is 2.81. The first-order valence-electron chi connectivity index (χ1n) is 7.90. The number of carbonyl (C=O) groups excluding carboxylic acids is 1. The fourth-order valence-corrected chi connectivity index (χ4v) is 3.59. The van der Waals surface area contributed by atoms with Crippen molar-refractivity contribution in [1.29, 1.82) is 0 Å². The quantitative estimate of drug-likeness (QED) is 0.926. The van der Waals surface area contributed by atoms with Gasteiger partial charge >= 0.3 is 0 Å². The van der Waals surface area contributed by atoms with Crippen LogP contribution in [-0.4, -0.2) is 34.6 Å². The zero-order chi connectivity index (χ0) is 16.5. The molecule has 124 valence electrons. The van der Waals surface area contributed by atoms with Crippen molar-refractivity contribution < 1.29 is 14.1 Å². The van der Waals surface area contributed by atoms with Crippen LogP contribution in [0.2, 0.25) is 0 Å². The molecule has 2 aliphatic heterocycles. The van der Waals surface area contributed by atoms with E-state index in [1.165, 1.54) is 5.56 Å². The van der Waals surface area contributed by atoms with E-state index in [2.05, 4.69) is 28.5 Å². The van der Waals surface area contributed by atoms with Crippen LogP contribution < -0.4 is 10.1 Å². The van der Waals surface area contributed by atoms with E-state index >= 15 is 0 Å². The molecule has 0 aliphatic carbocycles. The van der Waals surface area contributed by atoms with Crippen LogP contribution in [0.4, 0.5) is 0 Å². The number of benzene rings is 1. The normalized spacial score (nSPS) is 18.9. The fraction of sp³-hybridized carbons (Fsp3) is 0.353. The van der Waals surface area contributed by atoms with Crippen LogP contribution >= 0.6 is 11.8 Å². The number of thioether (sulfide) groups is 1. The average molecular weight is 343 g/mol. The van der Waals surface area contributed by atoms with Gasteiger partial charge in [0.15, 0.2) is 10.9 Å². The lowest BCUT2D eigenvalue weighted by atomic mass is 10.1. The second-order valence-electron chi connectivity index (χ2n) is 5.90. The molecule has 0 radical (unpaired) electrons. The molecule has 0 bridgehead atoms. The Balaban J connectivity index is 1.45. The molecule has 1 N–H and O–H groups in total. The standard InChI is InChI=1S/C17H17N3O3S/c1-10-6-12-7-11(2-3-14(12)22-10)15-8-13(20-23-15)9-16(21)19-17-18-4-5-24-17/h2-3,7-8,10H,4-6,9H2,1H3,(H,18,19,21). The minimum absolute atomic E-state index is 0.126. The molecule has 0 spiro atoms. The predicted molar refractivity (Wildman–Crippen MR) is 92.3 cm³/mol. The number of aliphatic imine (C=N–C) groups is 1. The van der Waals surface area contributed by atoms with Crippen LogP contribution in [0.15, 0.2) is 33.8 Å². The smallest absolute Gasteiger partial charge is 0.232 e. The van der Waals surface area contributed by atoms with Gasteiger partial charge in [-0.15, -0.1) is 0 Å². The van der Waals surface area contributed by atoms with Gasteiger partial charge in [-0.05, 0) is 30.7 Å². The number of fused-ring (bicyclic) bond motifs is 1. The number of hydrogen-bond donors (Lipinski definition) is 1. The second-order valence-corrected chi connectivity index (χ2v) is 6.98. The Morgan fingerprint density at radius 3 is 3.17 bits per heavy atom. The molecule has 2 aromatic rings. The number of rotatable bonds is 3. The number of amides is 1. The molecule has 6 nitrogen and oxygen atoms in total. The summed E-state index contributed by atoms with van der Waals surface area (Å²) in [5.74, 6) is 2.39. The maximum absolute atomic E-state index is 12.0. The number of hydrogen-bond acceptors (Lipinski definition) is 6. The highest BCUT2D eigenvalue weighted by molar-refractivity contribution is 8.14. The number of nitrogens with one attached hydrogen (secondary N) is 1. The van der Waals surface area contributed by atoms with Gasteiger partial charge in [0.2, 0.25) is 5.91 Å². The highest BCUT2D eigenvalue weighted by Crippen LogP contribution is 2.33. The zero-order valence-corrected chi connectivity index (χ0v) is 14.1. The lowest BCUT2D eigenvalue weighted by molar-refractivity contribution is -0.119. The van der Waals surface area contributed by atoms with Crippen LogP contribution in [0.5, 0.6) is 5.75 Å². The summed E-state index contributed by atoms with van der Waals surface area (Å²) in [4.78, 5) is 16.2. The van der Waals surface area contributed by atoms with E-state index in [9.17, 15) is 4.79 Å². The van der Waals surface area contributed by atoms with Gasteiger partial charge in [0.25, 0.3) is 0 Å². The Kier molecular flexibility index (Phi) is 4.02. The molecular formula is C17H17N3O3S. The van der Waals surface area contributed by atoms with E-state index in [0.29, 0.717) is 16.6 Å². The third kappa shape index (κ3) is 3.17. The summed E-state index contributed by atoms with van der Waals surface area (Å²) in [5.41, 5.74) is 2.73.